The quantitative estimate of drug-likeness (QED) is 0.923. The third-order valence-corrected chi connectivity index (χ3v) is 4.82. The highest BCUT2D eigenvalue weighted by atomic mass is 79.9. The van der Waals surface area contributed by atoms with Crippen molar-refractivity contribution in [2.75, 3.05) is 26.7 Å². The maximum atomic E-state index is 3.78. The minimum absolute atomic E-state index is 0.582. The molecule has 1 aromatic carbocycles. The third kappa shape index (κ3) is 2.63. The summed E-state index contributed by atoms with van der Waals surface area (Å²) in [5.41, 5.74) is 3.04. The van der Waals surface area contributed by atoms with E-state index in [4.69, 9.17) is 0 Å². The smallest absolute Gasteiger partial charge is 0.0326 e. The third-order valence-electron chi connectivity index (χ3n) is 4.32. The molecule has 1 saturated heterocycles. The van der Waals surface area contributed by atoms with E-state index in [1.54, 1.807) is 0 Å². The summed E-state index contributed by atoms with van der Waals surface area (Å²) in [5.74, 6) is 0.842. The van der Waals surface area contributed by atoms with Gasteiger partial charge >= 0.3 is 0 Å². The zero-order valence-electron chi connectivity index (χ0n) is 11.0. The summed E-state index contributed by atoms with van der Waals surface area (Å²) in [6, 6.07) is 7.31. The van der Waals surface area contributed by atoms with Crippen LogP contribution in [0.1, 0.15) is 30.0 Å². The Hall–Kier alpha value is -0.380. The molecule has 3 heteroatoms. The van der Waals surface area contributed by atoms with E-state index in [9.17, 15) is 0 Å². The van der Waals surface area contributed by atoms with Crippen LogP contribution in [0.2, 0.25) is 0 Å². The first-order valence-corrected chi connectivity index (χ1v) is 7.72. The number of nitrogens with one attached hydrogen (secondary N) is 1. The fourth-order valence-corrected chi connectivity index (χ4v) is 3.71. The Morgan fingerprint density at radius 1 is 1.39 bits per heavy atom. The minimum Gasteiger partial charge on any atom is -0.310 e. The lowest BCUT2D eigenvalue weighted by Gasteiger charge is -2.17. The Labute approximate surface area is 118 Å². The highest BCUT2D eigenvalue weighted by molar-refractivity contribution is 9.10. The molecule has 2 atom stereocenters. The van der Waals surface area contributed by atoms with Crippen LogP contribution < -0.4 is 5.32 Å². The number of likely N-dealkylation sites (tertiary alicyclic amines) is 1. The molecule has 0 bridgehead atoms. The molecule has 98 valence electrons. The van der Waals surface area contributed by atoms with Gasteiger partial charge in [-0.2, -0.15) is 0 Å². The second kappa shape index (κ2) is 5.32. The fourth-order valence-electron chi connectivity index (χ4n) is 3.30. The number of hydrogen-bond donors (Lipinski definition) is 1. The van der Waals surface area contributed by atoms with Crippen molar-refractivity contribution in [3.8, 4) is 0 Å². The molecule has 0 saturated carbocycles. The minimum atomic E-state index is 0.582. The highest BCUT2D eigenvalue weighted by Gasteiger charge is 2.24. The molecule has 0 amide bonds. The van der Waals surface area contributed by atoms with Gasteiger partial charge < -0.3 is 10.2 Å². The summed E-state index contributed by atoms with van der Waals surface area (Å²) >= 11 is 3.56. The standard InChI is InChI=1S/C15H21BrN2/c1-18-7-6-11(10-18)9-17-15-5-2-12-8-13(16)3-4-14(12)15/h3-4,8,11,15,17H,2,5-7,9-10H2,1H3. The molecule has 2 aliphatic rings. The maximum Gasteiger partial charge on any atom is 0.0326 e. The van der Waals surface area contributed by atoms with Crippen LogP contribution in [0.25, 0.3) is 0 Å². The van der Waals surface area contributed by atoms with Crippen molar-refractivity contribution in [3.05, 3.63) is 33.8 Å². The first kappa shape index (κ1) is 12.6. The predicted molar refractivity (Wildman–Crippen MR) is 78.8 cm³/mol. The van der Waals surface area contributed by atoms with Gasteiger partial charge in [0.1, 0.15) is 0 Å². The summed E-state index contributed by atoms with van der Waals surface area (Å²) in [7, 11) is 2.22. The van der Waals surface area contributed by atoms with Crippen LogP contribution >= 0.6 is 15.9 Å². The molecule has 3 rings (SSSR count). The van der Waals surface area contributed by atoms with Crippen molar-refractivity contribution >= 4 is 15.9 Å². The number of halogens is 1. The number of aryl methyl sites for hydroxylation is 1. The van der Waals surface area contributed by atoms with Crippen LogP contribution in [0.3, 0.4) is 0 Å². The Kier molecular flexibility index (Phi) is 3.73. The van der Waals surface area contributed by atoms with Gasteiger partial charge in [0.2, 0.25) is 0 Å². The van der Waals surface area contributed by atoms with Gasteiger partial charge in [0.15, 0.2) is 0 Å². The average Bonchev–Trinajstić information content (AvgIpc) is 2.92. The van der Waals surface area contributed by atoms with E-state index in [1.165, 1.54) is 54.5 Å². The number of nitrogens with zero attached hydrogens (tertiary/aromatic N) is 1. The molecule has 2 unspecified atom stereocenters. The van der Waals surface area contributed by atoms with Gasteiger partial charge in [0, 0.05) is 17.1 Å². The zero-order valence-corrected chi connectivity index (χ0v) is 12.5. The lowest BCUT2D eigenvalue weighted by molar-refractivity contribution is 0.378. The van der Waals surface area contributed by atoms with E-state index >= 15 is 0 Å². The summed E-state index contributed by atoms with van der Waals surface area (Å²) in [6.07, 6.45) is 3.83. The normalized spacial score (nSPS) is 27.7. The molecule has 1 aliphatic heterocycles. The Morgan fingerprint density at radius 3 is 3.06 bits per heavy atom. The van der Waals surface area contributed by atoms with Crippen molar-refractivity contribution in [2.45, 2.75) is 25.3 Å². The van der Waals surface area contributed by atoms with E-state index in [2.05, 4.69) is 51.4 Å². The lowest BCUT2D eigenvalue weighted by Crippen LogP contribution is -2.27. The van der Waals surface area contributed by atoms with E-state index < -0.39 is 0 Å². The van der Waals surface area contributed by atoms with Crippen molar-refractivity contribution in [1.82, 2.24) is 10.2 Å². The molecular weight excluding hydrogens is 288 g/mol. The molecule has 1 aliphatic carbocycles. The largest absolute Gasteiger partial charge is 0.310 e. The Morgan fingerprint density at radius 2 is 2.28 bits per heavy atom. The number of rotatable bonds is 3. The Balaban J connectivity index is 1.59. The van der Waals surface area contributed by atoms with E-state index in [-0.39, 0.29) is 0 Å². The first-order chi connectivity index (χ1) is 8.72. The fraction of sp³-hybridized carbons (Fsp3) is 0.600. The topological polar surface area (TPSA) is 15.3 Å². The zero-order chi connectivity index (χ0) is 12.5. The van der Waals surface area contributed by atoms with Gasteiger partial charge in [-0.1, -0.05) is 22.0 Å². The maximum absolute atomic E-state index is 3.78. The molecule has 2 nitrogen and oxygen atoms in total. The van der Waals surface area contributed by atoms with Crippen molar-refractivity contribution in [2.24, 2.45) is 5.92 Å². The number of benzene rings is 1. The summed E-state index contributed by atoms with van der Waals surface area (Å²) in [6.45, 7) is 3.69. The molecule has 1 fully saturated rings. The SMILES string of the molecule is CN1CCC(CNC2CCc3cc(Br)ccc32)C1. The number of hydrogen-bond acceptors (Lipinski definition) is 2. The second-order valence-corrected chi connectivity index (χ2v) is 6.68. The van der Waals surface area contributed by atoms with Gasteiger partial charge in [-0.3, -0.25) is 0 Å². The van der Waals surface area contributed by atoms with Gasteiger partial charge in [0.25, 0.3) is 0 Å². The molecule has 0 spiro atoms. The summed E-state index contributed by atoms with van der Waals surface area (Å²) in [4.78, 5) is 2.44. The van der Waals surface area contributed by atoms with Gasteiger partial charge in [-0.05, 0) is 68.6 Å². The van der Waals surface area contributed by atoms with Gasteiger partial charge in [0.05, 0.1) is 0 Å². The monoisotopic (exact) mass is 308 g/mol. The Bertz CT molecular complexity index is 433. The van der Waals surface area contributed by atoms with Crippen LogP contribution in [-0.2, 0) is 6.42 Å². The van der Waals surface area contributed by atoms with Crippen LogP contribution in [0.15, 0.2) is 22.7 Å². The van der Waals surface area contributed by atoms with Crippen molar-refractivity contribution < 1.29 is 0 Å². The summed E-state index contributed by atoms with van der Waals surface area (Å²) in [5, 5.41) is 3.78. The average molecular weight is 309 g/mol. The predicted octanol–water partition coefficient (Wildman–Crippen LogP) is 2.98. The molecule has 18 heavy (non-hydrogen) atoms. The molecular formula is C15H21BrN2. The van der Waals surface area contributed by atoms with Crippen LogP contribution in [-0.4, -0.2) is 31.6 Å². The van der Waals surface area contributed by atoms with Crippen molar-refractivity contribution in [1.29, 1.82) is 0 Å². The first-order valence-electron chi connectivity index (χ1n) is 6.92. The second-order valence-electron chi connectivity index (χ2n) is 5.76. The molecule has 0 aromatic heterocycles. The van der Waals surface area contributed by atoms with Crippen LogP contribution in [0.4, 0.5) is 0 Å². The molecule has 1 N–H and O–H groups in total. The van der Waals surface area contributed by atoms with Crippen LogP contribution in [0.5, 0.6) is 0 Å². The van der Waals surface area contributed by atoms with Gasteiger partial charge in [-0.15, -0.1) is 0 Å². The molecule has 1 aromatic rings. The molecule has 1 heterocycles. The summed E-state index contributed by atoms with van der Waals surface area (Å²) < 4.78 is 1.21. The lowest BCUT2D eigenvalue weighted by atomic mass is 10.1. The van der Waals surface area contributed by atoms with Crippen molar-refractivity contribution in [3.63, 3.8) is 0 Å². The van der Waals surface area contributed by atoms with Gasteiger partial charge in [-0.25, -0.2) is 0 Å². The number of fused-ring (bicyclic) bond motifs is 1. The van der Waals surface area contributed by atoms with Crippen LogP contribution in [0, 0.1) is 5.92 Å². The molecule has 0 radical (unpaired) electrons. The van der Waals surface area contributed by atoms with E-state index in [0.717, 1.165) is 5.92 Å². The van der Waals surface area contributed by atoms with E-state index in [0.29, 0.717) is 6.04 Å². The highest BCUT2D eigenvalue weighted by Crippen LogP contribution is 2.33. The van der Waals surface area contributed by atoms with E-state index in [1.807, 2.05) is 0 Å².